The summed E-state index contributed by atoms with van der Waals surface area (Å²) < 4.78 is 45.3. The third kappa shape index (κ3) is 3.88. The van der Waals surface area contributed by atoms with Gasteiger partial charge >= 0.3 is 6.18 Å². The average Bonchev–Trinajstić information content (AvgIpc) is 2.92. The lowest BCUT2D eigenvalue weighted by Crippen LogP contribution is -2.49. The fraction of sp³-hybridized carbons (Fsp3) is 1.00. The summed E-state index contributed by atoms with van der Waals surface area (Å²) in [6.07, 6.45) is 0.415. The van der Waals surface area contributed by atoms with Gasteiger partial charge in [-0.15, -0.1) is 0 Å². The topological polar surface area (TPSA) is 21.3 Å². The normalized spacial score (nSPS) is 33.3. The Hall–Kier alpha value is -0.290. The predicted molar refractivity (Wildman–Crippen MR) is 72.5 cm³/mol. The predicted octanol–water partition coefficient (Wildman–Crippen LogP) is 3.76. The van der Waals surface area contributed by atoms with E-state index in [4.69, 9.17) is 4.74 Å². The van der Waals surface area contributed by atoms with E-state index in [1.165, 1.54) is 0 Å². The minimum atomic E-state index is -4.06. The van der Waals surface area contributed by atoms with Crippen LogP contribution in [0.25, 0.3) is 0 Å². The highest BCUT2D eigenvalue weighted by atomic mass is 19.4. The monoisotopic (exact) mass is 293 g/mol. The zero-order valence-electron chi connectivity index (χ0n) is 12.2. The molecule has 0 spiro atoms. The van der Waals surface area contributed by atoms with Crippen LogP contribution in [0.1, 0.15) is 45.4 Å². The molecule has 0 bridgehead atoms. The summed E-state index contributed by atoms with van der Waals surface area (Å²) in [5.41, 5.74) is 0. The van der Waals surface area contributed by atoms with Crippen molar-refractivity contribution < 1.29 is 17.9 Å². The van der Waals surface area contributed by atoms with E-state index >= 15 is 0 Å². The van der Waals surface area contributed by atoms with E-state index in [1.807, 2.05) is 0 Å². The maximum Gasteiger partial charge on any atom is 0.392 e. The largest absolute Gasteiger partial charge is 0.392 e. The highest BCUT2D eigenvalue weighted by Crippen LogP contribution is 2.44. The molecule has 4 atom stereocenters. The summed E-state index contributed by atoms with van der Waals surface area (Å²) in [6, 6.07) is -0.0376. The fourth-order valence-corrected chi connectivity index (χ4v) is 3.81. The van der Waals surface area contributed by atoms with Crippen LogP contribution in [-0.2, 0) is 4.74 Å². The van der Waals surface area contributed by atoms with E-state index in [2.05, 4.69) is 12.2 Å². The molecule has 1 saturated heterocycles. The Morgan fingerprint density at radius 2 is 1.95 bits per heavy atom. The van der Waals surface area contributed by atoms with Crippen molar-refractivity contribution >= 4 is 0 Å². The van der Waals surface area contributed by atoms with Gasteiger partial charge in [0.2, 0.25) is 0 Å². The number of hydrogen-bond acceptors (Lipinski definition) is 2. The molecule has 118 valence electrons. The first-order valence-electron chi connectivity index (χ1n) is 7.92. The van der Waals surface area contributed by atoms with Crippen LogP contribution in [0.5, 0.6) is 0 Å². The average molecular weight is 293 g/mol. The van der Waals surface area contributed by atoms with Gasteiger partial charge in [0.25, 0.3) is 0 Å². The van der Waals surface area contributed by atoms with Crippen LogP contribution in [0.4, 0.5) is 13.2 Å². The Bertz CT molecular complexity index is 289. The zero-order valence-corrected chi connectivity index (χ0v) is 12.2. The highest BCUT2D eigenvalue weighted by molar-refractivity contribution is 4.92. The minimum absolute atomic E-state index is 0.0376. The van der Waals surface area contributed by atoms with E-state index in [1.54, 1.807) is 0 Å². The second-order valence-corrected chi connectivity index (χ2v) is 6.20. The van der Waals surface area contributed by atoms with Gasteiger partial charge in [-0.05, 0) is 38.1 Å². The lowest BCUT2D eigenvalue weighted by atomic mass is 9.71. The summed E-state index contributed by atoms with van der Waals surface area (Å²) in [5, 5.41) is 3.40. The maximum atomic E-state index is 13.3. The number of hydrogen-bond donors (Lipinski definition) is 1. The van der Waals surface area contributed by atoms with Crippen molar-refractivity contribution in [3.05, 3.63) is 0 Å². The standard InChI is InChI=1S/C15H26F3NO/c1-2-8-19-14(11-7-9-20-10-11)12-5-3-4-6-13(12)15(16,17)18/h11-14,19H,2-10H2,1H3. The van der Waals surface area contributed by atoms with E-state index in [0.717, 1.165) is 25.8 Å². The van der Waals surface area contributed by atoms with Gasteiger partial charge in [-0.25, -0.2) is 0 Å². The first-order valence-corrected chi connectivity index (χ1v) is 7.92. The van der Waals surface area contributed by atoms with E-state index in [-0.39, 0.29) is 17.9 Å². The third-order valence-corrected chi connectivity index (χ3v) is 4.80. The molecular weight excluding hydrogens is 267 g/mol. The molecule has 2 rings (SSSR count). The van der Waals surface area contributed by atoms with Gasteiger partial charge in [-0.1, -0.05) is 19.8 Å². The molecular formula is C15H26F3NO. The van der Waals surface area contributed by atoms with Crippen molar-refractivity contribution in [1.29, 1.82) is 0 Å². The molecule has 0 amide bonds. The first kappa shape index (κ1) is 16.1. The van der Waals surface area contributed by atoms with Gasteiger partial charge in [0, 0.05) is 18.6 Å². The first-order chi connectivity index (χ1) is 9.54. The number of rotatable bonds is 5. The second kappa shape index (κ2) is 7.12. The van der Waals surface area contributed by atoms with Crippen molar-refractivity contribution in [1.82, 2.24) is 5.32 Å². The van der Waals surface area contributed by atoms with Gasteiger partial charge < -0.3 is 10.1 Å². The van der Waals surface area contributed by atoms with Crippen LogP contribution in [0.2, 0.25) is 0 Å². The Morgan fingerprint density at radius 1 is 1.20 bits per heavy atom. The van der Waals surface area contributed by atoms with Gasteiger partial charge in [-0.3, -0.25) is 0 Å². The summed E-state index contributed by atoms with van der Waals surface area (Å²) >= 11 is 0. The molecule has 2 nitrogen and oxygen atoms in total. The fourth-order valence-electron chi connectivity index (χ4n) is 3.81. The Balaban J connectivity index is 2.11. The van der Waals surface area contributed by atoms with Crippen LogP contribution in [-0.4, -0.2) is 32.0 Å². The van der Waals surface area contributed by atoms with Crippen LogP contribution in [0.3, 0.4) is 0 Å². The van der Waals surface area contributed by atoms with Crippen LogP contribution < -0.4 is 5.32 Å². The lowest BCUT2D eigenvalue weighted by Gasteiger charge is -2.40. The second-order valence-electron chi connectivity index (χ2n) is 6.20. The van der Waals surface area contributed by atoms with Gasteiger partial charge in [0.05, 0.1) is 12.5 Å². The smallest absolute Gasteiger partial charge is 0.381 e. The van der Waals surface area contributed by atoms with Gasteiger partial charge in [0.1, 0.15) is 0 Å². The number of nitrogens with one attached hydrogen (secondary N) is 1. The minimum Gasteiger partial charge on any atom is -0.381 e. The molecule has 4 unspecified atom stereocenters. The van der Waals surface area contributed by atoms with Gasteiger partial charge in [0.15, 0.2) is 0 Å². The SMILES string of the molecule is CCCNC(C1CCOC1)C1CCCCC1C(F)(F)F. The molecule has 0 aromatic rings. The molecule has 1 aliphatic heterocycles. The Labute approximate surface area is 119 Å². The van der Waals surface area contributed by atoms with Crippen molar-refractivity contribution in [2.75, 3.05) is 19.8 Å². The van der Waals surface area contributed by atoms with Crippen molar-refractivity contribution in [3.8, 4) is 0 Å². The molecule has 0 radical (unpaired) electrons. The van der Waals surface area contributed by atoms with Gasteiger partial charge in [-0.2, -0.15) is 13.2 Å². The summed E-state index contributed by atoms with van der Waals surface area (Å²) in [4.78, 5) is 0. The van der Waals surface area contributed by atoms with E-state index in [0.29, 0.717) is 32.5 Å². The third-order valence-electron chi connectivity index (χ3n) is 4.80. The van der Waals surface area contributed by atoms with Crippen LogP contribution >= 0.6 is 0 Å². The molecule has 5 heteroatoms. The molecule has 0 aromatic heterocycles. The molecule has 20 heavy (non-hydrogen) atoms. The van der Waals surface area contributed by atoms with Crippen molar-refractivity contribution in [2.24, 2.45) is 17.8 Å². The molecule has 2 aliphatic rings. The molecule has 1 heterocycles. The number of halogens is 3. The van der Waals surface area contributed by atoms with Crippen molar-refractivity contribution in [2.45, 2.75) is 57.7 Å². The molecule has 1 aliphatic carbocycles. The maximum absolute atomic E-state index is 13.3. The Morgan fingerprint density at radius 3 is 2.55 bits per heavy atom. The quantitative estimate of drug-likeness (QED) is 0.833. The summed E-state index contributed by atoms with van der Waals surface area (Å²) in [7, 11) is 0. The van der Waals surface area contributed by atoms with Crippen LogP contribution in [0, 0.1) is 17.8 Å². The zero-order chi connectivity index (χ0) is 14.6. The lowest BCUT2D eigenvalue weighted by molar-refractivity contribution is -0.200. The van der Waals surface area contributed by atoms with Crippen LogP contribution in [0.15, 0.2) is 0 Å². The van der Waals surface area contributed by atoms with E-state index < -0.39 is 12.1 Å². The summed E-state index contributed by atoms with van der Waals surface area (Å²) in [6.45, 7) is 4.15. The Kier molecular flexibility index (Phi) is 5.73. The van der Waals surface area contributed by atoms with Crippen molar-refractivity contribution in [3.63, 3.8) is 0 Å². The molecule has 2 fully saturated rings. The molecule has 1 saturated carbocycles. The number of ether oxygens (including phenoxy) is 1. The highest BCUT2D eigenvalue weighted by Gasteiger charge is 2.49. The van der Waals surface area contributed by atoms with E-state index in [9.17, 15) is 13.2 Å². The molecule has 1 N–H and O–H groups in total. The summed E-state index contributed by atoms with van der Waals surface area (Å²) in [5.74, 6) is -1.16. The number of alkyl halides is 3. The molecule has 0 aromatic carbocycles.